The van der Waals surface area contributed by atoms with Crippen LogP contribution in [0.15, 0.2) is 36.5 Å². The van der Waals surface area contributed by atoms with Crippen LogP contribution in [0.5, 0.6) is 0 Å². The van der Waals surface area contributed by atoms with Crippen molar-refractivity contribution in [2.45, 2.75) is 26.2 Å². The molecular formula is C16H17NO3. The molecule has 1 heterocycles. The number of fused-ring (bicyclic) bond motifs is 1. The summed E-state index contributed by atoms with van der Waals surface area (Å²) in [6.45, 7) is 2.34. The highest BCUT2D eigenvalue weighted by Crippen LogP contribution is 2.15. The van der Waals surface area contributed by atoms with Gasteiger partial charge < -0.3 is 4.74 Å². The van der Waals surface area contributed by atoms with E-state index in [9.17, 15) is 9.59 Å². The normalized spacial score (nSPS) is 10.4. The second-order valence-corrected chi connectivity index (χ2v) is 4.55. The zero-order valence-corrected chi connectivity index (χ0v) is 11.5. The van der Waals surface area contributed by atoms with E-state index < -0.39 is 0 Å². The molecule has 4 heteroatoms. The number of nitrogens with zero attached hydrogens (tertiary/aromatic N) is 1. The van der Waals surface area contributed by atoms with Crippen LogP contribution >= 0.6 is 0 Å². The van der Waals surface area contributed by atoms with Gasteiger partial charge in [0, 0.05) is 23.6 Å². The van der Waals surface area contributed by atoms with Gasteiger partial charge in [-0.1, -0.05) is 13.0 Å². The molecule has 2 rings (SSSR count). The van der Waals surface area contributed by atoms with Crippen LogP contribution in [-0.2, 0) is 9.53 Å². The fraction of sp³-hybridized carbons (Fsp3) is 0.312. The Labute approximate surface area is 117 Å². The molecule has 0 fully saturated rings. The Kier molecular flexibility index (Phi) is 4.82. The number of Topliss-reactive ketones (excluding diaryl/α,β-unsaturated/α-hetero) is 1. The average Bonchev–Trinajstić information content (AvgIpc) is 2.50. The van der Waals surface area contributed by atoms with Gasteiger partial charge in [-0.3, -0.25) is 14.6 Å². The van der Waals surface area contributed by atoms with Gasteiger partial charge in [-0.05, 0) is 30.7 Å². The number of hydrogen-bond donors (Lipinski definition) is 0. The fourth-order valence-corrected chi connectivity index (χ4v) is 1.90. The predicted molar refractivity (Wildman–Crippen MR) is 76.6 cm³/mol. The average molecular weight is 271 g/mol. The minimum Gasteiger partial charge on any atom is -0.466 e. The first-order valence-electron chi connectivity index (χ1n) is 6.74. The molecule has 104 valence electrons. The fourth-order valence-electron chi connectivity index (χ4n) is 1.90. The number of aromatic nitrogens is 1. The molecule has 0 radical (unpaired) electrons. The highest BCUT2D eigenvalue weighted by Gasteiger charge is 2.10. The summed E-state index contributed by atoms with van der Waals surface area (Å²) < 4.78 is 4.95. The van der Waals surface area contributed by atoms with Crippen molar-refractivity contribution in [2.75, 3.05) is 6.61 Å². The number of benzene rings is 1. The number of pyridine rings is 1. The van der Waals surface area contributed by atoms with E-state index in [1.54, 1.807) is 12.3 Å². The van der Waals surface area contributed by atoms with E-state index >= 15 is 0 Å². The van der Waals surface area contributed by atoms with Crippen molar-refractivity contribution in [1.29, 1.82) is 0 Å². The van der Waals surface area contributed by atoms with Crippen molar-refractivity contribution in [3.05, 3.63) is 42.1 Å². The number of carbonyl (C=O) groups excluding carboxylic acids is 2. The first-order chi connectivity index (χ1) is 9.70. The van der Waals surface area contributed by atoms with Crippen LogP contribution in [0.1, 0.15) is 36.5 Å². The van der Waals surface area contributed by atoms with Crippen LogP contribution in [-0.4, -0.2) is 23.3 Å². The first-order valence-corrected chi connectivity index (χ1v) is 6.74. The van der Waals surface area contributed by atoms with Crippen molar-refractivity contribution in [2.24, 2.45) is 0 Å². The quantitative estimate of drug-likeness (QED) is 0.598. The summed E-state index contributed by atoms with van der Waals surface area (Å²) in [5.41, 5.74) is 1.46. The molecule has 0 aliphatic carbocycles. The molecule has 0 amide bonds. The SMILES string of the molecule is CCCOC(=O)CCC(=O)c1ccc2ncccc2c1. The summed E-state index contributed by atoms with van der Waals surface area (Å²) in [5.74, 6) is -0.369. The summed E-state index contributed by atoms with van der Waals surface area (Å²) in [4.78, 5) is 27.6. The summed E-state index contributed by atoms with van der Waals surface area (Å²) >= 11 is 0. The molecule has 0 spiro atoms. The number of hydrogen-bond acceptors (Lipinski definition) is 4. The Hall–Kier alpha value is -2.23. The number of ether oxygens (including phenoxy) is 1. The van der Waals surface area contributed by atoms with Gasteiger partial charge in [-0.15, -0.1) is 0 Å². The van der Waals surface area contributed by atoms with Gasteiger partial charge in [-0.25, -0.2) is 0 Å². The van der Waals surface area contributed by atoms with E-state index in [1.807, 2.05) is 31.2 Å². The molecule has 1 aromatic heterocycles. The van der Waals surface area contributed by atoms with Crippen molar-refractivity contribution in [1.82, 2.24) is 4.98 Å². The second kappa shape index (κ2) is 6.80. The lowest BCUT2D eigenvalue weighted by Crippen LogP contribution is -2.08. The molecule has 0 unspecified atom stereocenters. The highest BCUT2D eigenvalue weighted by molar-refractivity contribution is 6.00. The van der Waals surface area contributed by atoms with Gasteiger partial charge in [0.05, 0.1) is 18.5 Å². The zero-order chi connectivity index (χ0) is 14.4. The van der Waals surface area contributed by atoms with E-state index in [2.05, 4.69) is 4.98 Å². The smallest absolute Gasteiger partial charge is 0.306 e. The van der Waals surface area contributed by atoms with Crippen LogP contribution in [0.25, 0.3) is 10.9 Å². The Morgan fingerprint density at radius 2 is 2.05 bits per heavy atom. The van der Waals surface area contributed by atoms with E-state index in [1.165, 1.54) is 0 Å². The third kappa shape index (κ3) is 3.63. The van der Waals surface area contributed by atoms with Crippen LogP contribution < -0.4 is 0 Å². The topological polar surface area (TPSA) is 56.3 Å². The highest BCUT2D eigenvalue weighted by atomic mass is 16.5. The maximum Gasteiger partial charge on any atom is 0.306 e. The Balaban J connectivity index is 1.99. The molecule has 2 aromatic rings. The van der Waals surface area contributed by atoms with Crippen molar-refractivity contribution in [3.8, 4) is 0 Å². The number of ketones is 1. The van der Waals surface area contributed by atoms with Crippen LogP contribution in [0, 0.1) is 0 Å². The second-order valence-electron chi connectivity index (χ2n) is 4.55. The van der Waals surface area contributed by atoms with Crippen LogP contribution in [0.4, 0.5) is 0 Å². The lowest BCUT2D eigenvalue weighted by atomic mass is 10.0. The standard InChI is InChI=1S/C16H17NO3/c1-2-10-20-16(19)8-7-15(18)13-5-6-14-12(11-13)4-3-9-17-14/h3-6,9,11H,2,7-8,10H2,1H3. The number of rotatable bonds is 6. The lowest BCUT2D eigenvalue weighted by Gasteiger charge is -2.04. The summed E-state index contributed by atoms with van der Waals surface area (Å²) in [6.07, 6.45) is 2.81. The Morgan fingerprint density at radius 1 is 1.20 bits per heavy atom. The van der Waals surface area contributed by atoms with Gasteiger partial charge >= 0.3 is 5.97 Å². The van der Waals surface area contributed by atoms with Crippen LogP contribution in [0.3, 0.4) is 0 Å². The molecule has 0 aliphatic heterocycles. The Bertz CT molecular complexity index is 622. The summed E-state index contributed by atoms with van der Waals surface area (Å²) in [6, 6.07) is 9.11. The molecule has 0 saturated carbocycles. The lowest BCUT2D eigenvalue weighted by molar-refractivity contribution is -0.143. The Morgan fingerprint density at radius 3 is 2.85 bits per heavy atom. The van der Waals surface area contributed by atoms with E-state index in [0.717, 1.165) is 17.3 Å². The van der Waals surface area contributed by atoms with E-state index in [4.69, 9.17) is 4.74 Å². The monoisotopic (exact) mass is 271 g/mol. The maximum atomic E-state index is 12.0. The first kappa shape index (κ1) is 14.2. The minimum atomic E-state index is -0.317. The van der Waals surface area contributed by atoms with E-state index in [0.29, 0.717) is 12.2 Å². The van der Waals surface area contributed by atoms with Crippen LogP contribution in [0.2, 0.25) is 0 Å². The third-order valence-electron chi connectivity index (χ3n) is 2.95. The van der Waals surface area contributed by atoms with Gasteiger partial charge in [0.15, 0.2) is 5.78 Å². The van der Waals surface area contributed by atoms with Gasteiger partial charge in [-0.2, -0.15) is 0 Å². The third-order valence-corrected chi connectivity index (χ3v) is 2.95. The van der Waals surface area contributed by atoms with Gasteiger partial charge in [0.2, 0.25) is 0 Å². The zero-order valence-electron chi connectivity index (χ0n) is 11.5. The summed E-state index contributed by atoms with van der Waals surface area (Å²) in [7, 11) is 0. The number of carbonyl (C=O) groups is 2. The van der Waals surface area contributed by atoms with E-state index in [-0.39, 0.29) is 24.6 Å². The molecule has 0 N–H and O–H groups in total. The molecule has 0 atom stereocenters. The molecule has 0 bridgehead atoms. The molecule has 0 saturated heterocycles. The maximum absolute atomic E-state index is 12.0. The molecule has 0 aliphatic rings. The number of esters is 1. The molecule has 1 aromatic carbocycles. The summed E-state index contributed by atoms with van der Waals surface area (Å²) in [5, 5.41) is 0.923. The molecule has 20 heavy (non-hydrogen) atoms. The molecule has 4 nitrogen and oxygen atoms in total. The minimum absolute atomic E-state index is 0.0517. The van der Waals surface area contributed by atoms with Crippen molar-refractivity contribution >= 4 is 22.7 Å². The largest absolute Gasteiger partial charge is 0.466 e. The van der Waals surface area contributed by atoms with Crippen molar-refractivity contribution in [3.63, 3.8) is 0 Å². The van der Waals surface area contributed by atoms with Crippen molar-refractivity contribution < 1.29 is 14.3 Å². The molecular weight excluding hydrogens is 254 g/mol. The predicted octanol–water partition coefficient (Wildman–Crippen LogP) is 3.15. The van der Waals surface area contributed by atoms with Gasteiger partial charge in [0.25, 0.3) is 0 Å². The van der Waals surface area contributed by atoms with Gasteiger partial charge in [0.1, 0.15) is 0 Å².